The van der Waals surface area contributed by atoms with Crippen molar-refractivity contribution in [3.05, 3.63) is 35.9 Å². The van der Waals surface area contributed by atoms with Crippen LogP contribution < -0.4 is 5.32 Å². The summed E-state index contributed by atoms with van der Waals surface area (Å²) in [5.74, 6) is -1.40. The van der Waals surface area contributed by atoms with Gasteiger partial charge >= 0.3 is 5.97 Å². The molecule has 18 heavy (non-hydrogen) atoms. The zero-order valence-electron chi connectivity index (χ0n) is 9.83. The van der Waals surface area contributed by atoms with Gasteiger partial charge < -0.3 is 10.4 Å². The number of hydrogen-bond donors (Lipinski definition) is 2. The van der Waals surface area contributed by atoms with Crippen LogP contribution in [-0.4, -0.2) is 28.5 Å². The van der Waals surface area contributed by atoms with Gasteiger partial charge in [-0.1, -0.05) is 42.5 Å². The molecule has 98 valence electrons. The van der Waals surface area contributed by atoms with Gasteiger partial charge in [0.2, 0.25) is 0 Å². The summed E-state index contributed by atoms with van der Waals surface area (Å²) < 4.78 is 0. The number of carbonyl (C=O) groups is 1. The molecule has 1 heterocycles. The van der Waals surface area contributed by atoms with Crippen LogP contribution in [-0.2, 0) is 4.79 Å². The Morgan fingerprint density at radius 2 is 2.06 bits per heavy atom. The third-order valence-electron chi connectivity index (χ3n) is 3.07. The van der Waals surface area contributed by atoms with Crippen LogP contribution >= 0.6 is 24.6 Å². The van der Waals surface area contributed by atoms with Gasteiger partial charge in [0.25, 0.3) is 0 Å². The summed E-state index contributed by atoms with van der Waals surface area (Å²) in [6.45, 7) is 0.835. The second-order valence-corrected chi connectivity index (χ2v) is 4.75. The summed E-state index contributed by atoms with van der Waals surface area (Å²) >= 11 is 5.30. The van der Waals surface area contributed by atoms with Crippen molar-refractivity contribution in [2.45, 2.75) is 24.8 Å². The Morgan fingerprint density at radius 3 is 2.61 bits per heavy atom. The molecule has 2 rings (SSSR count). The molecular formula is C13H16ClNO2S. The lowest BCUT2D eigenvalue weighted by atomic mass is 9.86. The summed E-state index contributed by atoms with van der Waals surface area (Å²) in [5, 5.41) is 12.6. The largest absolute Gasteiger partial charge is 0.481 e. The van der Waals surface area contributed by atoms with Gasteiger partial charge in [0.15, 0.2) is 0 Å². The van der Waals surface area contributed by atoms with Crippen LogP contribution in [0.25, 0.3) is 0 Å². The van der Waals surface area contributed by atoms with Crippen LogP contribution in [0.3, 0.4) is 0 Å². The van der Waals surface area contributed by atoms with Crippen molar-refractivity contribution in [3.8, 4) is 0 Å². The van der Waals surface area contributed by atoms with Crippen molar-refractivity contribution in [1.29, 1.82) is 0 Å². The standard InChI is InChI=1S/C13H15NO2S.ClH/c15-13(16)11(9-5-2-1-3-6-9)12-10(17)7-4-8-14-12;/h1-3,5-6,11-12,14H,4,7-8H2,(H,15,16);1H. The van der Waals surface area contributed by atoms with Gasteiger partial charge in [-0.05, 0) is 24.9 Å². The fourth-order valence-electron chi connectivity index (χ4n) is 2.23. The zero-order chi connectivity index (χ0) is 12.3. The first kappa shape index (κ1) is 15.1. The second-order valence-electron chi connectivity index (χ2n) is 4.23. The first-order valence-corrected chi connectivity index (χ1v) is 6.15. The van der Waals surface area contributed by atoms with Gasteiger partial charge in [-0.3, -0.25) is 4.79 Å². The Kier molecular flexibility index (Phi) is 5.72. The van der Waals surface area contributed by atoms with Crippen molar-refractivity contribution in [2.24, 2.45) is 0 Å². The summed E-state index contributed by atoms with van der Waals surface area (Å²) in [5.41, 5.74) is 0.807. The van der Waals surface area contributed by atoms with Crippen LogP contribution in [0.5, 0.6) is 0 Å². The van der Waals surface area contributed by atoms with Gasteiger partial charge in [-0.15, -0.1) is 12.4 Å². The Labute approximate surface area is 118 Å². The van der Waals surface area contributed by atoms with E-state index in [-0.39, 0.29) is 18.4 Å². The van der Waals surface area contributed by atoms with E-state index in [4.69, 9.17) is 12.2 Å². The first-order valence-electron chi connectivity index (χ1n) is 5.74. The maximum absolute atomic E-state index is 11.4. The van der Waals surface area contributed by atoms with Crippen LogP contribution in [0.1, 0.15) is 24.3 Å². The Morgan fingerprint density at radius 1 is 1.39 bits per heavy atom. The van der Waals surface area contributed by atoms with E-state index in [9.17, 15) is 9.90 Å². The molecule has 0 bridgehead atoms. The molecule has 1 saturated heterocycles. The molecule has 1 aromatic carbocycles. The number of rotatable bonds is 3. The highest BCUT2D eigenvalue weighted by atomic mass is 35.5. The molecule has 0 aromatic heterocycles. The highest BCUT2D eigenvalue weighted by molar-refractivity contribution is 7.80. The van der Waals surface area contributed by atoms with Crippen LogP contribution in [0.15, 0.2) is 30.3 Å². The maximum Gasteiger partial charge on any atom is 0.312 e. The number of carboxylic acid groups (broad SMARTS) is 1. The SMILES string of the molecule is Cl.O=C(O)C(c1ccccc1)C1NCCCC1=S. The number of halogens is 1. The summed E-state index contributed by atoms with van der Waals surface area (Å²) in [7, 11) is 0. The minimum Gasteiger partial charge on any atom is -0.481 e. The Balaban J connectivity index is 0.00000162. The van der Waals surface area contributed by atoms with Crippen LogP contribution in [0, 0.1) is 0 Å². The number of carboxylic acids is 1. The van der Waals surface area contributed by atoms with Gasteiger partial charge in [0.05, 0.1) is 6.04 Å². The number of aliphatic carboxylic acids is 1. The maximum atomic E-state index is 11.4. The summed E-state index contributed by atoms with van der Waals surface area (Å²) in [6, 6.07) is 9.07. The highest BCUT2D eigenvalue weighted by Crippen LogP contribution is 2.24. The predicted octanol–water partition coefficient (Wildman–Crippen LogP) is 2.40. The fourth-order valence-corrected chi connectivity index (χ4v) is 2.59. The van der Waals surface area contributed by atoms with E-state index in [1.807, 2.05) is 30.3 Å². The van der Waals surface area contributed by atoms with Crippen molar-refractivity contribution < 1.29 is 9.90 Å². The molecule has 0 saturated carbocycles. The molecule has 2 atom stereocenters. The molecule has 2 N–H and O–H groups in total. The van der Waals surface area contributed by atoms with E-state index in [0.29, 0.717) is 0 Å². The van der Waals surface area contributed by atoms with E-state index in [1.54, 1.807) is 0 Å². The van der Waals surface area contributed by atoms with E-state index < -0.39 is 11.9 Å². The average molecular weight is 286 g/mol. The van der Waals surface area contributed by atoms with Gasteiger partial charge in [-0.2, -0.15) is 0 Å². The predicted molar refractivity (Wildman–Crippen MR) is 77.7 cm³/mol. The molecule has 1 fully saturated rings. The third-order valence-corrected chi connectivity index (χ3v) is 3.53. The average Bonchev–Trinajstić information content (AvgIpc) is 2.33. The number of hydrogen-bond acceptors (Lipinski definition) is 3. The quantitative estimate of drug-likeness (QED) is 0.838. The minimum atomic E-state index is -0.821. The Bertz CT molecular complexity index is 424. The fraction of sp³-hybridized carbons (Fsp3) is 0.385. The molecule has 0 aliphatic carbocycles. The zero-order valence-corrected chi connectivity index (χ0v) is 11.5. The summed E-state index contributed by atoms with van der Waals surface area (Å²) in [4.78, 5) is 12.3. The molecule has 1 aliphatic rings. The van der Waals surface area contributed by atoms with Crippen molar-refractivity contribution in [2.75, 3.05) is 6.54 Å². The molecule has 3 nitrogen and oxygen atoms in total. The first-order chi connectivity index (χ1) is 8.20. The second kappa shape index (κ2) is 6.83. The molecule has 5 heteroatoms. The summed E-state index contributed by atoms with van der Waals surface area (Å²) in [6.07, 6.45) is 1.83. The number of nitrogens with one attached hydrogen (secondary N) is 1. The van der Waals surface area contributed by atoms with E-state index in [2.05, 4.69) is 5.32 Å². The molecule has 0 radical (unpaired) electrons. The lowest BCUT2D eigenvalue weighted by Gasteiger charge is -2.30. The molecule has 1 aliphatic heterocycles. The van der Waals surface area contributed by atoms with Crippen molar-refractivity contribution >= 4 is 35.5 Å². The minimum absolute atomic E-state index is 0. The topological polar surface area (TPSA) is 49.3 Å². The van der Waals surface area contributed by atoms with Gasteiger partial charge in [0, 0.05) is 4.86 Å². The van der Waals surface area contributed by atoms with Crippen molar-refractivity contribution in [1.82, 2.24) is 5.32 Å². The normalized spacial score (nSPS) is 20.9. The van der Waals surface area contributed by atoms with E-state index >= 15 is 0 Å². The molecule has 0 amide bonds. The third kappa shape index (κ3) is 3.28. The molecular weight excluding hydrogens is 270 g/mol. The molecule has 2 unspecified atom stereocenters. The monoisotopic (exact) mass is 285 g/mol. The van der Waals surface area contributed by atoms with E-state index in [0.717, 1.165) is 29.8 Å². The Hall–Kier alpha value is -0.970. The smallest absolute Gasteiger partial charge is 0.312 e. The van der Waals surface area contributed by atoms with Gasteiger partial charge in [0.1, 0.15) is 5.92 Å². The van der Waals surface area contributed by atoms with Crippen molar-refractivity contribution in [3.63, 3.8) is 0 Å². The van der Waals surface area contributed by atoms with Crippen LogP contribution in [0.4, 0.5) is 0 Å². The number of thiocarbonyl (C=S) groups is 1. The number of benzene rings is 1. The highest BCUT2D eigenvalue weighted by Gasteiger charge is 2.33. The molecule has 0 spiro atoms. The van der Waals surface area contributed by atoms with Gasteiger partial charge in [-0.25, -0.2) is 0 Å². The van der Waals surface area contributed by atoms with E-state index in [1.165, 1.54) is 0 Å². The number of piperidine rings is 1. The molecule has 1 aromatic rings. The lowest BCUT2D eigenvalue weighted by Crippen LogP contribution is -2.47. The lowest BCUT2D eigenvalue weighted by molar-refractivity contribution is -0.139. The van der Waals surface area contributed by atoms with Crippen LogP contribution in [0.2, 0.25) is 0 Å².